The van der Waals surface area contributed by atoms with E-state index in [0.29, 0.717) is 18.6 Å². The van der Waals surface area contributed by atoms with Gasteiger partial charge in [0.1, 0.15) is 11.5 Å². The first-order chi connectivity index (χ1) is 16.3. The Labute approximate surface area is 195 Å². The van der Waals surface area contributed by atoms with Crippen LogP contribution >= 0.6 is 0 Å². The lowest BCUT2D eigenvalue weighted by Gasteiger charge is -2.15. The van der Waals surface area contributed by atoms with E-state index in [-0.39, 0.29) is 5.56 Å². The van der Waals surface area contributed by atoms with Gasteiger partial charge in [0, 0.05) is 24.5 Å². The molecule has 2 fully saturated rings. The third-order valence-electron chi connectivity index (χ3n) is 6.94. The molecule has 2 aliphatic heterocycles. The molecule has 1 aromatic heterocycles. The number of aromatic nitrogens is 1. The van der Waals surface area contributed by atoms with Crippen molar-refractivity contribution in [3.63, 3.8) is 0 Å². The predicted octanol–water partition coefficient (Wildman–Crippen LogP) is 4.41. The minimum absolute atomic E-state index is 0.0915. The Morgan fingerprint density at radius 3 is 1.85 bits per heavy atom. The first kappa shape index (κ1) is 22.2. The average molecular weight is 450 g/mol. The molecule has 0 spiro atoms. The average Bonchev–Trinajstić information content (AvgIpc) is 3.54. The fourth-order valence-electron chi connectivity index (χ4n) is 5.15. The van der Waals surface area contributed by atoms with Crippen LogP contribution in [-0.4, -0.2) is 67.3 Å². The highest BCUT2D eigenvalue weighted by atomic mass is 16.5. The van der Waals surface area contributed by atoms with Crippen molar-refractivity contribution in [3.05, 3.63) is 46.8 Å². The Kier molecular flexibility index (Phi) is 7.12. The summed E-state index contributed by atoms with van der Waals surface area (Å²) in [5.74, 6) is 1.56. The van der Waals surface area contributed by atoms with E-state index in [1.54, 1.807) is 0 Å². The highest BCUT2D eigenvalue weighted by molar-refractivity contribution is 6.05. The molecule has 0 amide bonds. The third kappa shape index (κ3) is 5.50. The largest absolute Gasteiger partial charge is 0.494 e. The van der Waals surface area contributed by atoms with Crippen molar-refractivity contribution in [2.24, 2.45) is 0 Å². The SMILES string of the molecule is O=c1[nH]c2cc(OCCCN3CCCC3)ccc2c2ccc(OCCCN3CCCC3)cc12. The zero-order valence-electron chi connectivity index (χ0n) is 19.5. The molecule has 2 aromatic carbocycles. The van der Waals surface area contributed by atoms with E-state index < -0.39 is 0 Å². The van der Waals surface area contributed by atoms with Gasteiger partial charge < -0.3 is 24.3 Å². The van der Waals surface area contributed by atoms with Crippen molar-refractivity contribution in [3.8, 4) is 11.5 Å². The summed E-state index contributed by atoms with van der Waals surface area (Å²) in [6.07, 6.45) is 7.29. The van der Waals surface area contributed by atoms with Crippen LogP contribution in [-0.2, 0) is 0 Å². The third-order valence-corrected chi connectivity index (χ3v) is 6.94. The van der Waals surface area contributed by atoms with Gasteiger partial charge in [-0.2, -0.15) is 0 Å². The summed E-state index contributed by atoms with van der Waals surface area (Å²) in [4.78, 5) is 20.8. The first-order valence-electron chi connectivity index (χ1n) is 12.6. The van der Waals surface area contributed by atoms with E-state index in [2.05, 4.69) is 14.8 Å². The number of rotatable bonds is 10. The summed E-state index contributed by atoms with van der Waals surface area (Å²) < 4.78 is 11.9. The fourth-order valence-corrected chi connectivity index (χ4v) is 5.15. The summed E-state index contributed by atoms with van der Waals surface area (Å²) in [7, 11) is 0. The lowest BCUT2D eigenvalue weighted by Crippen LogP contribution is -2.21. The number of aromatic amines is 1. The van der Waals surface area contributed by atoms with Gasteiger partial charge in [0.15, 0.2) is 0 Å². The quantitative estimate of drug-likeness (QED) is 0.367. The molecule has 0 aliphatic carbocycles. The molecule has 1 N–H and O–H groups in total. The summed E-state index contributed by atoms with van der Waals surface area (Å²) in [6.45, 7) is 8.41. The van der Waals surface area contributed by atoms with E-state index in [9.17, 15) is 4.79 Å². The van der Waals surface area contributed by atoms with Crippen LogP contribution in [0.15, 0.2) is 41.2 Å². The molecular formula is C27H35N3O3. The van der Waals surface area contributed by atoms with Crippen LogP contribution in [0.4, 0.5) is 0 Å². The van der Waals surface area contributed by atoms with Gasteiger partial charge in [-0.05, 0) is 100 Å². The Morgan fingerprint density at radius 1 is 0.697 bits per heavy atom. The van der Waals surface area contributed by atoms with Crippen LogP contribution in [0.2, 0.25) is 0 Å². The van der Waals surface area contributed by atoms with E-state index in [1.165, 1.54) is 51.9 Å². The second-order valence-corrected chi connectivity index (χ2v) is 9.37. The maximum Gasteiger partial charge on any atom is 0.256 e. The molecule has 0 radical (unpaired) electrons. The van der Waals surface area contributed by atoms with E-state index in [0.717, 1.165) is 53.7 Å². The van der Waals surface area contributed by atoms with Crippen molar-refractivity contribution >= 4 is 21.7 Å². The van der Waals surface area contributed by atoms with Crippen molar-refractivity contribution in [2.75, 3.05) is 52.5 Å². The number of hydrogen-bond donors (Lipinski definition) is 1. The molecule has 0 unspecified atom stereocenters. The molecule has 3 heterocycles. The highest BCUT2D eigenvalue weighted by Crippen LogP contribution is 2.27. The number of H-pyrrole nitrogens is 1. The molecule has 2 aliphatic rings. The summed E-state index contributed by atoms with van der Waals surface area (Å²) in [5, 5.41) is 2.63. The van der Waals surface area contributed by atoms with E-state index in [1.807, 2.05) is 36.4 Å². The second kappa shape index (κ2) is 10.6. The normalized spacial score (nSPS) is 17.3. The van der Waals surface area contributed by atoms with Gasteiger partial charge in [0.05, 0.1) is 24.1 Å². The minimum Gasteiger partial charge on any atom is -0.494 e. The predicted molar refractivity (Wildman–Crippen MR) is 134 cm³/mol. The van der Waals surface area contributed by atoms with Crippen LogP contribution in [0.25, 0.3) is 21.7 Å². The Hall–Kier alpha value is -2.57. The molecule has 0 saturated carbocycles. The molecular weight excluding hydrogens is 414 g/mol. The van der Waals surface area contributed by atoms with Crippen molar-refractivity contribution in [1.29, 1.82) is 0 Å². The Bertz CT molecular complexity index is 1130. The molecule has 3 aromatic rings. The maximum atomic E-state index is 12.8. The van der Waals surface area contributed by atoms with Crippen molar-refractivity contribution < 1.29 is 9.47 Å². The number of nitrogens with one attached hydrogen (secondary N) is 1. The standard InChI is InChI=1S/C27H35N3O3/c31-27-25-19-21(32-17-5-15-29-11-1-2-12-29)7-9-23(25)24-10-8-22(20-26(24)28-27)33-18-6-16-30-13-3-4-14-30/h7-10,19-20H,1-6,11-18H2,(H,28,31). The number of ether oxygens (including phenoxy) is 2. The van der Waals surface area contributed by atoms with Crippen LogP contribution in [0, 0.1) is 0 Å². The van der Waals surface area contributed by atoms with Gasteiger partial charge in [-0.25, -0.2) is 0 Å². The van der Waals surface area contributed by atoms with Crippen LogP contribution in [0.5, 0.6) is 11.5 Å². The molecule has 5 rings (SSSR count). The second-order valence-electron chi connectivity index (χ2n) is 9.37. The highest BCUT2D eigenvalue weighted by Gasteiger charge is 2.12. The summed E-state index contributed by atoms with van der Waals surface area (Å²) in [5.41, 5.74) is 0.718. The molecule has 6 nitrogen and oxygen atoms in total. The lowest BCUT2D eigenvalue weighted by molar-refractivity contribution is 0.263. The van der Waals surface area contributed by atoms with Gasteiger partial charge in [-0.3, -0.25) is 4.79 Å². The number of benzene rings is 2. The Morgan fingerprint density at radius 2 is 1.24 bits per heavy atom. The topological polar surface area (TPSA) is 57.8 Å². The smallest absolute Gasteiger partial charge is 0.256 e. The fraction of sp³-hybridized carbons (Fsp3) is 0.519. The van der Waals surface area contributed by atoms with Gasteiger partial charge in [-0.1, -0.05) is 0 Å². The number of fused-ring (bicyclic) bond motifs is 3. The van der Waals surface area contributed by atoms with Crippen molar-refractivity contribution in [1.82, 2.24) is 14.8 Å². The first-order valence-corrected chi connectivity index (χ1v) is 12.6. The number of likely N-dealkylation sites (tertiary alicyclic amines) is 2. The molecule has 2 saturated heterocycles. The van der Waals surface area contributed by atoms with Crippen LogP contribution < -0.4 is 15.0 Å². The molecule has 176 valence electrons. The minimum atomic E-state index is -0.0915. The van der Waals surface area contributed by atoms with Gasteiger partial charge >= 0.3 is 0 Å². The zero-order valence-corrected chi connectivity index (χ0v) is 19.5. The number of nitrogens with zero attached hydrogens (tertiary/aromatic N) is 2. The zero-order chi connectivity index (χ0) is 22.5. The summed E-state index contributed by atoms with van der Waals surface area (Å²) in [6, 6.07) is 11.8. The van der Waals surface area contributed by atoms with Crippen LogP contribution in [0.3, 0.4) is 0 Å². The van der Waals surface area contributed by atoms with Gasteiger partial charge in [-0.15, -0.1) is 0 Å². The number of hydrogen-bond acceptors (Lipinski definition) is 5. The van der Waals surface area contributed by atoms with Crippen LogP contribution in [0.1, 0.15) is 38.5 Å². The van der Waals surface area contributed by atoms with Gasteiger partial charge in [0.2, 0.25) is 0 Å². The van der Waals surface area contributed by atoms with Gasteiger partial charge in [0.25, 0.3) is 5.56 Å². The van der Waals surface area contributed by atoms with E-state index >= 15 is 0 Å². The lowest BCUT2D eigenvalue weighted by atomic mass is 10.1. The monoisotopic (exact) mass is 449 g/mol. The molecule has 6 heteroatoms. The molecule has 33 heavy (non-hydrogen) atoms. The summed E-state index contributed by atoms with van der Waals surface area (Å²) >= 11 is 0. The number of pyridine rings is 1. The van der Waals surface area contributed by atoms with E-state index in [4.69, 9.17) is 9.47 Å². The molecule has 0 atom stereocenters. The molecule has 0 bridgehead atoms. The van der Waals surface area contributed by atoms with Crippen molar-refractivity contribution in [2.45, 2.75) is 38.5 Å². The Balaban J connectivity index is 1.22. The maximum absolute atomic E-state index is 12.8.